The third kappa shape index (κ3) is 7.31. The van der Waals surface area contributed by atoms with Crippen LogP contribution in [0.25, 0.3) is 0 Å². The molecule has 1 unspecified atom stereocenters. The van der Waals surface area contributed by atoms with E-state index in [1.807, 2.05) is 0 Å². The molecular formula is C10H19N3O5. The minimum absolute atomic E-state index is 0.00443. The molecule has 0 aromatic carbocycles. The molecule has 0 saturated heterocycles. The van der Waals surface area contributed by atoms with Crippen molar-refractivity contribution in [3.05, 3.63) is 0 Å². The van der Waals surface area contributed by atoms with Gasteiger partial charge in [0.15, 0.2) is 0 Å². The number of hydrogen-bond donors (Lipinski definition) is 4. The first-order valence-electron chi connectivity index (χ1n) is 5.34. The van der Waals surface area contributed by atoms with Gasteiger partial charge in [0.2, 0.25) is 0 Å². The van der Waals surface area contributed by atoms with Crippen LogP contribution in [0.2, 0.25) is 0 Å². The Hall–Kier alpha value is -1.99. The second-order valence-electron chi connectivity index (χ2n) is 4.67. The van der Waals surface area contributed by atoms with E-state index in [2.05, 4.69) is 10.5 Å². The first-order chi connectivity index (χ1) is 8.15. The smallest absolute Gasteiger partial charge is 0.408 e. The van der Waals surface area contributed by atoms with Gasteiger partial charge in [-0.3, -0.25) is 0 Å². The summed E-state index contributed by atoms with van der Waals surface area (Å²) in [4.78, 5) is 22.3. The Kier molecular flexibility index (Phi) is 5.94. The van der Waals surface area contributed by atoms with E-state index in [1.165, 1.54) is 0 Å². The molecule has 0 spiro atoms. The molecule has 0 aromatic heterocycles. The van der Waals surface area contributed by atoms with Crippen LogP contribution in [0.15, 0.2) is 5.16 Å². The first kappa shape index (κ1) is 16.0. The van der Waals surface area contributed by atoms with Gasteiger partial charge >= 0.3 is 12.1 Å². The second-order valence-corrected chi connectivity index (χ2v) is 4.67. The molecule has 0 bridgehead atoms. The maximum Gasteiger partial charge on any atom is 0.408 e. The number of amidine groups is 1. The van der Waals surface area contributed by atoms with Crippen LogP contribution in [0, 0.1) is 0 Å². The fourth-order valence-electron chi connectivity index (χ4n) is 1.05. The van der Waals surface area contributed by atoms with Crippen molar-refractivity contribution in [1.82, 2.24) is 5.32 Å². The van der Waals surface area contributed by atoms with Crippen molar-refractivity contribution in [2.24, 2.45) is 10.9 Å². The topological polar surface area (TPSA) is 134 Å². The van der Waals surface area contributed by atoms with Crippen molar-refractivity contribution < 1.29 is 24.6 Å². The number of carbonyl (C=O) groups excluding carboxylic acids is 1. The number of nitrogens with two attached hydrogens (primary N) is 1. The molecule has 1 atom stereocenters. The molecule has 0 aliphatic carbocycles. The monoisotopic (exact) mass is 261 g/mol. The number of oxime groups is 1. The number of aliphatic carboxylic acids is 1. The molecule has 0 fully saturated rings. The standard InChI is InChI=1S/C10H19N3O5/c1-10(2,3)18-9(16)12-6(8(14)15)4-5-7(11)13-17/h6,17H,4-5H2,1-3H3,(H2,11,13)(H,12,16)(H,14,15). The van der Waals surface area contributed by atoms with E-state index < -0.39 is 23.7 Å². The van der Waals surface area contributed by atoms with Gasteiger partial charge in [-0.15, -0.1) is 0 Å². The van der Waals surface area contributed by atoms with E-state index in [9.17, 15) is 9.59 Å². The number of rotatable bonds is 5. The quantitative estimate of drug-likeness (QED) is 0.246. The zero-order valence-electron chi connectivity index (χ0n) is 10.6. The fraction of sp³-hybridized carbons (Fsp3) is 0.700. The number of carbonyl (C=O) groups is 2. The van der Waals surface area contributed by atoms with Crippen LogP contribution in [-0.4, -0.2) is 39.9 Å². The van der Waals surface area contributed by atoms with Crippen molar-refractivity contribution >= 4 is 17.9 Å². The van der Waals surface area contributed by atoms with Crippen LogP contribution in [0.4, 0.5) is 4.79 Å². The summed E-state index contributed by atoms with van der Waals surface area (Å²) in [6, 6.07) is -1.15. The molecule has 104 valence electrons. The Morgan fingerprint density at radius 1 is 1.44 bits per heavy atom. The Bertz CT molecular complexity index is 335. The number of amides is 1. The average Bonchev–Trinajstić information content (AvgIpc) is 2.20. The summed E-state index contributed by atoms with van der Waals surface area (Å²) in [5.41, 5.74) is 4.51. The molecule has 1 amide bonds. The van der Waals surface area contributed by atoms with Crippen LogP contribution in [0.3, 0.4) is 0 Å². The minimum atomic E-state index is -1.22. The van der Waals surface area contributed by atoms with E-state index in [1.54, 1.807) is 20.8 Å². The Morgan fingerprint density at radius 2 is 2.00 bits per heavy atom. The summed E-state index contributed by atoms with van der Waals surface area (Å²) in [6.07, 6.45) is -0.775. The third-order valence-electron chi connectivity index (χ3n) is 1.81. The van der Waals surface area contributed by atoms with E-state index >= 15 is 0 Å². The Balaban J connectivity index is 4.37. The summed E-state index contributed by atoms with van der Waals surface area (Å²) in [5.74, 6) is -1.32. The van der Waals surface area contributed by atoms with E-state index in [0.717, 1.165) is 0 Å². The molecule has 0 aliphatic heterocycles. The number of carboxylic acid groups (broad SMARTS) is 1. The lowest BCUT2D eigenvalue weighted by atomic mass is 10.1. The van der Waals surface area contributed by atoms with Gasteiger partial charge in [0.05, 0.1) is 0 Å². The largest absolute Gasteiger partial charge is 0.480 e. The highest BCUT2D eigenvalue weighted by atomic mass is 16.6. The second kappa shape index (κ2) is 6.67. The van der Waals surface area contributed by atoms with Crippen molar-refractivity contribution in [3.63, 3.8) is 0 Å². The third-order valence-corrected chi connectivity index (χ3v) is 1.81. The lowest BCUT2D eigenvalue weighted by Crippen LogP contribution is -2.43. The molecule has 0 saturated carbocycles. The van der Waals surface area contributed by atoms with Crippen LogP contribution < -0.4 is 11.1 Å². The normalized spacial score (nSPS) is 13.8. The highest BCUT2D eigenvalue weighted by molar-refractivity contribution is 5.83. The Labute approximate surface area is 105 Å². The lowest BCUT2D eigenvalue weighted by Gasteiger charge is -2.21. The van der Waals surface area contributed by atoms with Gasteiger partial charge in [-0.2, -0.15) is 0 Å². The predicted octanol–water partition coefficient (Wildman–Crippen LogP) is 0.491. The summed E-state index contributed by atoms with van der Waals surface area (Å²) in [6.45, 7) is 5.00. The van der Waals surface area contributed by atoms with Crippen LogP contribution in [-0.2, 0) is 9.53 Å². The van der Waals surface area contributed by atoms with Gasteiger partial charge in [0, 0.05) is 6.42 Å². The molecule has 0 aliphatic rings. The van der Waals surface area contributed by atoms with Gasteiger partial charge in [0.1, 0.15) is 17.5 Å². The molecule has 0 heterocycles. The molecule has 0 rings (SSSR count). The molecule has 0 radical (unpaired) electrons. The van der Waals surface area contributed by atoms with Gasteiger partial charge in [-0.25, -0.2) is 9.59 Å². The average molecular weight is 261 g/mol. The van der Waals surface area contributed by atoms with E-state index in [4.69, 9.17) is 20.8 Å². The highest BCUT2D eigenvalue weighted by Gasteiger charge is 2.23. The number of nitrogens with one attached hydrogen (secondary N) is 1. The number of alkyl carbamates (subject to hydrolysis) is 1. The minimum Gasteiger partial charge on any atom is -0.480 e. The predicted molar refractivity (Wildman–Crippen MR) is 63.4 cm³/mol. The number of ether oxygens (including phenoxy) is 1. The molecule has 8 nitrogen and oxygen atoms in total. The Morgan fingerprint density at radius 3 is 2.39 bits per heavy atom. The number of nitrogens with zero attached hydrogens (tertiary/aromatic N) is 1. The summed E-state index contributed by atoms with van der Waals surface area (Å²) in [5, 5.41) is 22.1. The van der Waals surface area contributed by atoms with Crippen LogP contribution >= 0.6 is 0 Å². The van der Waals surface area contributed by atoms with E-state index in [0.29, 0.717) is 0 Å². The van der Waals surface area contributed by atoms with Gasteiger partial charge in [0.25, 0.3) is 0 Å². The number of hydrogen-bond acceptors (Lipinski definition) is 5. The zero-order chi connectivity index (χ0) is 14.3. The molecule has 5 N–H and O–H groups in total. The van der Waals surface area contributed by atoms with Crippen molar-refractivity contribution in [3.8, 4) is 0 Å². The zero-order valence-corrected chi connectivity index (χ0v) is 10.6. The van der Waals surface area contributed by atoms with Gasteiger partial charge in [-0.1, -0.05) is 5.16 Å². The van der Waals surface area contributed by atoms with Crippen molar-refractivity contribution in [1.29, 1.82) is 0 Å². The fourth-order valence-corrected chi connectivity index (χ4v) is 1.05. The van der Waals surface area contributed by atoms with E-state index in [-0.39, 0.29) is 18.7 Å². The van der Waals surface area contributed by atoms with Crippen LogP contribution in [0.1, 0.15) is 33.6 Å². The highest BCUT2D eigenvalue weighted by Crippen LogP contribution is 2.07. The summed E-state index contributed by atoms with van der Waals surface area (Å²) >= 11 is 0. The maximum absolute atomic E-state index is 11.4. The molecule has 0 aromatic rings. The molecule has 18 heavy (non-hydrogen) atoms. The lowest BCUT2D eigenvalue weighted by molar-refractivity contribution is -0.139. The van der Waals surface area contributed by atoms with Gasteiger partial charge < -0.3 is 26.1 Å². The van der Waals surface area contributed by atoms with Crippen molar-refractivity contribution in [2.75, 3.05) is 0 Å². The van der Waals surface area contributed by atoms with Crippen molar-refractivity contribution in [2.45, 2.75) is 45.3 Å². The summed E-state index contributed by atoms with van der Waals surface area (Å²) in [7, 11) is 0. The molecule has 8 heteroatoms. The number of carboxylic acids is 1. The first-order valence-corrected chi connectivity index (χ1v) is 5.34. The summed E-state index contributed by atoms with van der Waals surface area (Å²) < 4.78 is 4.93. The maximum atomic E-state index is 11.4. The molecular weight excluding hydrogens is 242 g/mol. The van der Waals surface area contributed by atoms with Crippen LogP contribution in [0.5, 0.6) is 0 Å². The SMILES string of the molecule is CC(C)(C)OC(=O)NC(CCC(N)=NO)C(=O)O. The van der Waals surface area contributed by atoms with Gasteiger partial charge in [-0.05, 0) is 27.2 Å².